The van der Waals surface area contributed by atoms with E-state index in [1.165, 1.54) is 12.3 Å². The van der Waals surface area contributed by atoms with Crippen LogP contribution in [0.15, 0.2) is 55.1 Å². The Bertz CT molecular complexity index is 927. The predicted molar refractivity (Wildman–Crippen MR) is 76.8 cm³/mol. The monoisotopic (exact) mass is 263 g/mol. The maximum Gasteiger partial charge on any atom is 0.142 e. The van der Waals surface area contributed by atoms with Crippen LogP contribution in [0.2, 0.25) is 0 Å². The van der Waals surface area contributed by atoms with Gasteiger partial charge in [-0.3, -0.25) is 9.97 Å². The van der Waals surface area contributed by atoms with E-state index in [0.29, 0.717) is 0 Å². The van der Waals surface area contributed by atoms with Crippen LogP contribution in [0, 0.1) is 5.82 Å². The number of hydrogen-bond donors (Lipinski definition) is 1. The molecule has 4 heteroatoms. The normalized spacial score (nSPS) is 11.2. The summed E-state index contributed by atoms with van der Waals surface area (Å²) in [5.41, 5.74) is 3.76. The molecule has 0 saturated carbocycles. The van der Waals surface area contributed by atoms with Gasteiger partial charge in [0, 0.05) is 46.0 Å². The molecule has 0 radical (unpaired) electrons. The van der Waals surface area contributed by atoms with E-state index < -0.39 is 0 Å². The van der Waals surface area contributed by atoms with Crippen molar-refractivity contribution in [3.05, 3.63) is 60.9 Å². The highest BCUT2D eigenvalue weighted by Crippen LogP contribution is 2.28. The van der Waals surface area contributed by atoms with Crippen LogP contribution in [0.1, 0.15) is 0 Å². The van der Waals surface area contributed by atoms with Crippen LogP contribution >= 0.6 is 0 Å². The first kappa shape index (κ1) is 11.1. The van der Waals surface area contributed by atoms with Gasteiger partial charge in [-0.1, -0.05) is 12.1 Å². The van der Waals surface area contributed by atoms with Gasteiger partial charge < -0.3 is 4.98 Å². The zero-order valence-corrected chi connectivity index (χ0v) is 10.5. The van der Waals surface area contributed by atoms with E-state index in [9.17, 15) is 4.39 Å². The summed E-state index contributed by atoms with van der Waals surface area (Å²) in [6.45, 7) is 0. The van der Waals surface area contributed by atoms with Crippen LogP contribution in [0.25, 0.3) is 32.9 Å². The van der Waals surface area contributed by atoms with E-state index in [4.69, 9.17) is 0 Å². The Morgan fingerprint density at radius 3 is 2.65 bits per heavy atom. The minimum Gasteiger partial charge on any atom is -0.354 e. The Morgan fingerprint density at radius 1 is 0.800 bits per heavy atom. The molecule has 3 heterocycles. The van der Waals surface area contributed by atoms with E-state index in [2.05, 4.69) is 15.0 Å². The lowest BCUT2D eigenvalue weighted by atomic mass is 10.1. The van der Waals surface area contributed by atoms with Gasteiger partial charge in [0.05, 0.1) is 6.20 Å². The fourth-order valence-corrected chi connectivity index (χ4v) is 2.50. The summed E-state index contributed by atoms with van der Waals surface area (Å²) in [5, 5.41) is 2.20. The Hall–Kier alpha value is -2.75. The SMILES string of the molecule is Fc1cncc(-c2ccc3c(c2)[nH]c2ccncc23)c1. The molecule has 0 unspecified atom stereocenters. The summed E-state index contributed by atoms with van der Waals surface area (Å²) in [4.78, 5) is 11.4. The number of nitrogens with zero attached hydrogens (tertiary/aromatic N) is 2. The van der Waals surface area contributed by atoms with Crippen molar-refractivity contribution >= 4 is 21.8 Å². The van der Waals surface area contributed by atoms with Crippen molar-refractivity contribution in [2.45, 2.75) is 0 Å². The molecule has 0 aliphatic rings. The second-order valence-corrected chi connectivity index (χ2v) is 4.70. The minimum atomic E-state index is -0.330. The highest BCUT2D eigenvalue weighted by atomic mass is 19.1. The summed E-state index contributed by atoms with van der Waals surface area (Å²) >= 11 is 0. The number of benzene rings is 1. The first-order chi connectivity index (χ1) is 9.81. The van der Waals surface area contributed by atoms with Gasteiger partial charge in [0.15, 0.2) is 0 Å². The molecule has 0 spiro atoms. The van der Waals surface area contributed by atoms with Crippen LogP contribution in [0.3, 0.4) is 0 Å². The van der Waals surface area contributed by atoms with Crippen molar-refractivity contribution in [1.29, 1.82) is 0 Å². The summed E-state index contributed by atoms with van der Waals surface area (Å²) in [6, 6.07) is 9.43. The van der Waals surface area contributed by atoms with Crippen molar-refractivity contribution in [1.82, 2.24) is 15.0 Å². The number of rotatable bonds is 1. The second kappa shape index (κ2) is 4.13. The lowest BCUT2D eigenvalue weighted by Gasteiger charge is -2.01. The van der Waals surface area contributed by atoms with Crippen molar-refractivity contribution < 1.29 is 4.39 Å². The Morgan fingerprint density at radius 2 is 1.75 bits per heavy atom. The molecule has 0 amide bonds. The summed E-state index contributed by atoms with van der Waals surface area (Å²) in [6.07, 6.45) is 6.47. The summed E-state index contributed by atoms with van der Waals surface area (Å²) < 4.78 is 13.3. The van der Waals surface area contributed by atoms with Gasteiger partial charge in [-0.15, -0.1) is 0 Å². The molecule has 4 rings (SSSR count). The maximum absolute atomic E-state index is 13.3. The zero-order chi connectivity index (χ0) is 13.5. The molecule has 20 heavy (non-hydrogen) atoms. The van der Waals surface area contributed by atoms with E-state index >= 15 is 0 Å². The third-order valence-corrected chi connectivity index (χ3v) is 3.44. The van der Waals surface area contributed by atoms with Crippen LogP contribution in [-0.2, 0) is 0 Å². The van der Waals surface area contributed by atoms with Crippen molar-refractivity contribution in [2.24, 2.45) is 0 Å². The first-order valence-corrected chi connectivity index (χ1v) is 6.28. The largest absolute Gasteiger partial charge is 0.354 e. The molecule has 0 atom stereocenters. The maximum atomic E-state index is 13.3. The van der Waals surface area contributed by atoms with Crippen molar-refractivity contribution in [3.63, 3.8) is 0 Å². The Kier molecular flexibility index (Phi) is 2.29. The number of hydrogen-bond acceptors (Lipinski definition) is 2. The molecule has 0 saturated heterocycles. The third-order valence-electron chi connectivity index (χ3n) is 3.44. The third kappa shape index (κ3) is 1.66. The molecule has 1 N–H and O–H groups in total. The highest BCUT2D eigenvalue weighted by molar-refractivity contribution is 6.07. The van der Waals surface area contributed by atoms with Gasteiger partial charge in [0.25, 0.3) is 0 Å². The Labute approximate surface area is 114 Å². The molecule has 96 valence electrons. The zero-order valence-electron chi connectivity index (χ0n) is 10.5. The Balaban J connectivity index is 1.97. The number of H-pyrrole nitrogens is 1. The molecule has 0 aliphatic carbocycles. The highest BCUT2D eigenvalue weighted by Gasteiger charge is 2.06. The number of nitrogens with one attached hydrogen (secondary N) is 1. The number of halogens is 1. The van der Waals surface area contributed by atoms with Gasteiger partial charge >= 0.3 is 0 Å². The van der Waals surface area contributed by atoms with E-state index in [-0.39, 0.29) is 5.82 Å². The average Bonchev–Trinajstić information content (AvgIpc) is 2.85. The molecule has 0 bridgehead atoms. The number of fused-ring (bicyclic) bond motifs is 3. The van der Waals surface area contributed by atoms with Gasteiger partial charge in [0.1, 0.15) is 5.82 Å². The van der Waals surface area contributed by atoms with Gasteiger partial charge in [-0.05, 0) is 23.8 Å². The van der Waals surface area contributed by atoms with Crippen LogP contribution in [-0.4, -0.2) is 15.0 Å². The van der Waals surface area contributed by atoms with Gasteiger partial charge in [-0.25, -0.2) is 4.39 Å². The second-order valence-electron chi connectivity index (χ2n) is 4.70. The lowest BCUT2D eigenvalue weighted by Crippen LogP contribution is -1.83. The summed E-state index contributed by atoms with van der Waals surface area (Å²) in [5.74, 6) is -0.330. The standard InChI is InChI=1S/C16H10FN3/c17-12-5-11(7-19-8-12)10-1-2-13-14-9-18-4-3-15(14)20-16(13)6-10/h1-9,20H. The molecule has 3 nitrogen and oxygen atoms in total. The lowest BCUT2D eigenvalue weighted by molar-refractivity contribution is 0.622. The van der Waals surface area contributed by atoms with Gasteiger partial charge in [0.2, 0.25) is 0 Å². The predicted octanol–water partition coefficient (Wildman–Crippen LogP) is 3.92. The molecule has 3 aromatic heterocycles. The van der Waals surface area contributed by atoms with Gasteiger partial charge in [-0.2, -0.15) is 0 Å². The average molecular weight is 263 g/mol. The molecule has 4 aromatic rings. The van der Waals surface area contributed by atoms with E-state index in [1.807, 2.05) is 30.5 Å². The van der Waals surface area contributed by atoms with Crippen molar-refractivity contribution in [2.75, 3.05) is 0 Å². The molecule has 1 aromatic carbocycles. The molecular formula is C16H10FN3. The molecular weight excluding hydrogens is 253 g/mol. The number of aromatic nitrogens is 3. The number of aromatic amines is 1. The first-order valence-electron chi connectivity index (χ1n) is 6.28. The van der Waals surface area contributed by atoms with E-state index in [1.54, 1.807) is 12.4 Å². The quantitative estimate of drug-likeness (QED) is 0.565. The van der Waals surface area contributed by atoms with E-state index in [0.717, 1.165) is 32.9 Å². The van der Waals surface area contributed by atoms with Crippen LogP contribution in [0.5, 0.6) is 0 Å². The molecule has 0 aliphatic heterocycles. The summed E-state index contributed by atoms with van der Waals surface area (Å²) in [7, 11) is 0. The fourth-order valence-electron chi connectivity index (χ4n) is 2.50. The number of pyridine rings is 2. The minimum absolute atomic E-state index is 0.330. The molecule has 0 fully saturated rings. The van der Waals surface area contributed by atoms with Crippen LogP contribution < -0.4 is 0 Å². The smallest absolute Gasteiger partial charge is 0.142 e. The van der Waals surface area contributed by atoms with Crippen molar-refractivity contribution in [3.8, 4) is 11.1 Å². The van der Waals surface area contributed by atoms with Crippen LogP contribution in [0.4, 0.5) is 4.39 Å². The fraction of sp³-hybridized carbons (Fsp3) is 0. The topological polar surface area (TPSA) is 41.6 Å².